The van der Waals surface area contributed by atoms with E-state index in [1.807, 2.05) is 22.4 Å². The maximum Gasteiger partial charge on any atom is 0.239 e. The highest BCUT2D eigenvalue weighted by atomic mass is 32.1. The van der Waals surface area contributed by atoms with E-state index in [0.717, 1.165) is 19.4 Å². The Kier molecular flexibility index (Phi) is 6.63. The molecule has 1 fully saturated rings. The van der Waals surface area contributed by atoms with Crippen LogP contribution in [0.5, 0.6) is 0 Å². The Morgan fingerprint density at radius 3 is 3.14 bits per heavy atom. The predicted octanol–water partition coefficient (Wildman–Crippen LogP) is 1.62. The third kappa shape index (κ3) is 5.07. The maximum absolute atomic E-state index is 12.6. The van der Waals surface area contributed by atoms with E-state index in [9.17, 15) is 4.79 Å². The highest BCUT2D eigenvalue weighted by Crippen LogP contribution is 2.18. The Hall–Kier alpha value is -0.950. The van der Waals surface area contributed by atoms with Gasteiger partial charge in [0.1, 0.15) is 0 Å². The quantitative estimate of drug-likeness (QED) is 0.792. The smallest absolute Gasteiger partial charge is 0.239 e. The van der Waals surface area contributed by atoms with Crippen molar-refractivity contribution in [1.82, 2.24) is 4.90 Å². The fourth-order valence-electron chi connectivity index (χ4n) is 2.46. The van der Waals surface area contributed by atoms with Gasteiger partial charge in [0.25, 0.3) is 0 Å². The normalized spacial score (nSPS) is 19.6. The maximum atomic E-state index is 12.6. The second kappa shape index (κ2) is 8.48. The van der Waals surface area contributed by atoms with E-state index in [2.05, 4.69) is 0 Å². The molecule has 6 heteroatoms. The second-order valence-electron chi connectivity index (χ2n) is 5.32. The molecular weight excluding hydrogens is 288 g/mol. The van der Waals surface area contributed by atoms with Crippen molar-refractivity contribution in [2.45, 2.75) is 38.0 Å². The monoisotopic (exact) mass is 312 g/mol. The molecule has 2 N–H and O–H groups in total. The van der Waals surface area contributed by atoms with Crippen LogP contribution in [0.2, 0.25) is 0 Å². The number of thiophene rings is 1. The summed E-state index contributed by atoms with van der Waals surface area (Å²) in [4.78, 5) is 15.6. The first-order valence-electron chi connectivity index (χ1n) is 7.38. The molecule has 1 aromatic rings. The van der Waals surface area contributed by atoms with Gasteiger partial charge < -0.3 is 20.1 Å². The topological polar surface area (TPSA) is 64.8 Å². The van der Waals surface area contributed by atoms with Gasteiger partial charge in [-0.05, 0) is 30.7 Å². The molecule has 2 atom stereocenters. The second-order valence-corrected chi connectivity index (χ2v) is 6.35. The number of carbonyl (C=O) groups is 1. The Labute approximate surface area is 130 Å². The van der Waals surface area contributed by atoms with Gasteiger partial charge in [-0.25, -0.2) is 0 Å². The Balaban J connectivity index is 1.97. The molecule has 5 nitrogen and oxygen atoms in total. The SMILES string of the molecule is COCCC(N)C(=O)N(Cc1cccs1)CC1CCCO1. The van der Waals surface area contributed by atoms with E-state index in [-0.39, 0.29) is 12.0 Å². The molecule has 0 aliphatic carbocycles. The zero-order valence-corrected chi connectivity index (χ0v) is 13.3. The van der Waals surface area contributed by atoms with Crippen molar-refractivity contribution in [2.75, 3.05) is 26.9 Å². The molecule has 118 valence electrons. The van der Waals surface area contributed by atoms with Crippen molar-refractivity contribution in [3.05, 3.63) is 22.4 Å². The number of hydrogen-bond donors (Lipinski definition) is 1. The lowest BCUT2D eigenvalue weighted by atomic mass is 10.1. The molecule has 1 amide bonds. The summed E-state index contributed by atoms with van der Waals surface area (Å²) >= 11 is 1.66. The van der Waals surface area contributed by atoms with Crippen LogP contribution in [-0.4, -0.2) is 49.8 Å². The number of hydrogen-bond acceptors (Lipinski definition) is 5. The van der Waals surface area contributed by atoms with E-state index in [1.165, 1.54) is 4.88 Å². The van der Waals surface area contributed by atoms with Crippen LogP contribution in [0.4, 0.5) is 0 Å². The van der Waals surface area contributed by atoms with Gasteiger partial charge in [0.05, 0.1) is 18.7 Å². The number of ether oxygens (including phenoxy) is 2. The van der Waals surface area contributed by atoms with Crippen molar-refractivity contribution in [1.29, 1.82) is 0 Å². The van der Waals surface area contributed by atoms with E-state index in [1.54, 1.807) is 18.4 Å². The predicted molar refractivity (Wildman–Crippen MR) is 83.2 cm³/mol. The van der Waals surface area contributed by atoms with Gasteiger partial charge in [-0.2, -0.15) is 0 Å². The first-order chi connectivity index (χ1) is 10.2. The van der Waals surface area contributed by atoms with Crippen LogP contribution < -0.4 is 5.73 Å². The van der Waals surface area contributed by atoms with Crippen LogP contribution in [0.15, 0.2) is 17.5 Å². The van der Waals surface area contributed by atoms with Crippen LogP contribution in [0.1, 0.15) is 24.1 Å². The minimum Gasteiger partial charge on any atom is -0.385 e. The molecule has 1 aliphatic heterocycles. The molecule has 1 aromatic heterocycles. The van der Waals surface area contributed by atoms with Gasteiger partial charge in [-0.15, -0.1) is 11.3 Å². The fraction of sp³-hybridized carbons (Fsp3) is 0.667. The van der Waals surface area contributed by atoms with Crippen molar-refractivity contribution < 1.29 is 14.3 Å². The third-order valence-corrected chi connectivity index (χ3v) is 4.50. The first-order valence-corrected chi connectivity index (χ1v) is 8.26. The number of methoxy groups -OCH3 is 1. The average Bonchev–Trinajstić information content (AvgIpc) is 3.16. The summed E-state index contributed by atoms with van der Waals surface area (Å²) in [5.74, 6) is -0.0176. The highest BCUT2D eigenvalue weighted by Gasteiger charge is 2.26. The summed E-state index contributed by atoms with van der Waals surface area (Å²) in [7, 11) is 1.62. The highest BCUT2D eigenvalue weighted by molar-refractivity contribution is 7.09. The Morgan fingerprint density at radius 2 is 2.52 bits per heavy atom. The Morgan fingerprint density at radius 1 is 1.67 bits per heavy atom. The molecule has 0 spiro atoms. The first kappa shape index (κ1) is 16.4. The lowest BCUT2D eigenvalue weighted by molar-refractivity contribution is -0.135. The summed E-state index contributed by atoms with van der Waals surface area (Å²) in [5, 5.41) is 2.02. The number of nitrogens with two attached hydrogens (primary N) is 1. The molecule has 0 bridgehead atoms. The van der Waals surface area contributed by atoms with Crippen LogP contribution in [0.3, 0.4) is 0 Å². The van der Waals surface area contributed by atoms with Gasteiger partial charge in [-0.3, -0.25) is 4.79 Å². The summed E-state index contributed by atoms with van der Waals surface area (Å²) in [6.07, 6.45) is 2.77. The number of nitrogens with zero attached hydrogens (tertiary/aromatic N) is 1. The molecule has 1 aliphatic rings. The molecule has 2 heterocycles. The Bertz CT molecular complexity index is 419. The molecule has 2 unspecified atom stereocenters. The van der Waals surface area contributed by atoms with Gasteiger partial charge >= 0.3 is 0 Å². The van der Waals surface area contributed by atoms with Gasteiger partial charge in [-0.1, -0.05) is 6.07 Å². The molecule has 1 saturated heterocycles. The number of carbonyl (C=O) groups excluding carboxylic acids is 1. The summed E-state index contributed by atoms with van der Waals surface area (Å²) in [6, 6.07) is 3.53. The number of amides is 1. The molecule has 0 aromatic carbocycles. The average molecular weight is 312 g/mol. The third-order valence-electron chi connectivity index (χ3n) is 3.64. The van der Waals surface area contributed by atoms with Crippen LogP contribution in [0, 0.1) is 0 Å². The standard InChI is InChI=1S/C15H24N2O3S/c1-19-8-6-14(16)15(18)17(10-12-4-2-7-20-12)11-13-5-3-9-21-13/h3,5,9,12,14H,2,4,6-8,10-11,16H2,1H3. The zero-order chi connectivity index (χ0) is 15.1. The molecular formula is C15H24N2O3S. The minimum atomic E-state index is -0.508. The van der Waals surface area contributed by atoms with E-state index in [0.29, 0.717) is 26.1 Å². The fourth-order valence-corrected chi connectivity index (χ4v) is 3.18. The van der Waals surface area contributed by atoms with E-state index in [4.69, 9.17) is 15.2 Å². The van der Waals surface area contributed by atoms with Crippen LogP contribution >= 0.6 is 11.3 Å². The summed E-state index contributed by atoms with van der Waals surface area (Å²) in [5.41, 5.74) is 6.00. The van der Waals surface area contributed by atoms with Crippen molar-refractivity contribution >= 4 is 17.2 Å². The summed E-state index contributed by atoms with van der Waals surface area (Å²) < 4.78 is 10.7. The molecule has 2 rings (SSSR count). The minimum absolute atomic E-state index is 0.0176. The molecule has 21 heavy (non-hydrogen) atoms. The lowest BCUT2D eigenvalue weighted by Gasteiger charge is -2.27. The largest absolute Gasteiger partial charge is 0.385 e. The van der Waals surface area contributed by atoms with Crippen molar-refractivity contribution in [2.24, 2.45) is 5.73 Å². The van der Waals surface area contributed by atoms with E-state index < -0.39 is 6.04 Å². The molecule has 0 radical (unpaired) electrons. The zero-order valence-electron chi connectivity index (χ0n) is 12.5. The van der Waals surface area contributed by atoms with Crippen molar-refractivity contribution in [3.8, 4) is 0 Å². The van der Waals surface area contributed by atoms with Gasteiger partial charge in [0.2, 0.25) is 5.91 Å². The van der Waals surface area contributed by atoms with Gasteiger partial charge in [0.15, 0.2) is 0 Å². The van der Waals surface area contributed by atoms with Gasteiger partial charge in [0, 0.05) is 31.7 Å². The van der Waals surface area contributed by atoms with Crippen LogP contribution in [0.25, 0.3) is 0 Å². The van der Waals surface area contributed by atoms with E-state index >= 15 is 0 Å². The summed E-state index contributed by atoms with van der Waals surface area (Å²) in [6.45, 7) is 2.52. The van der Waals surface area contributed by atoms with Crippen LogP contribution in [-0.2, 0) is 20.8 Å². The van der Waals surface area contributed by atoms with Crippen molar-refractivity contribution in [3.63, 3.8) is 0 Å². The molecule has 0 saturated carbocycles. The number of rotatable bonds is 8. The lowest BCUT2D eigenvalue weighted by Crippen LogP contribution is -2.46.